The number of carbonyl (C=O) groups excluding carboxylic acids is 1. The van der Waals surface area contributed by atoms with Crippen molar-refractivity contribution >= 4 is 33.0 Å². The van der Waals surface area contributed by atoms with Gasteiger partial charge in [-0.15, -0.1) is 11.3 Å². The number of thiophene rings is 1. The quantitative estimate of drug-likeness (QED) is 0.709. The van der Waals surface area contributed by atoms with Crippen LogP contribution in [0.15, 0.2) is 46.7 Å². The number of hydrogen-bond acceptors (Lipinski definition) is 5. The van der Waals surface area contributed by atoms with E-state index in [1.807, 2.05) is 18.4 Å². The van der Waals surface area contributed by atoms with Crippen molar-refractivity contribution in [3.63, 3.8) is 0 Å². The zero-order valence-corrected chi connectivity index (χ0v) is 17.8. The maximum absolute atomic E-state index is 12.8. The molecule has 0 saturated carbocycles. The summed E-state index contributed by atoms with van der Waals surface area (Å²) in [6, 6.07) is 10.6. The number of piperidine rings is 1. The molecule has 0 spiro atoms. The number of sulfonamides is 1. The average Bonchev–Trinajstić information content (AvgIpc) is 3.21. The van der Waals surface area contributed by atoms with Gasteiger partial charge in [-0.2, -0.15) is 4.31 Å². The summed E-state index contributed by atoms with van der Waals surface area (Å²) in [5, 5.41) is 4.87. The van der Waals surface area contributed by atoms with Crippen molar-refractivity contribution in [3.8, 4) is 0 Å². The van der Waals surface area contributed by atoms with E-state index in [9.17, 15) is 13.2 Å². The SMILES string of the molecule is CCN(CC(=O)Nc1cccc(S(=O)(=O)N2CCCCC2)c1)Cc1cccs1. The standard InChI is InChI=1S/C20H27N3O3S2/c1-2-22(15-18-9-7-13-27-18)16-20(24)21-17-8-6-10-19(14-17)28(25,26)23-11-4-3-5-12-23/h6-10,13-14H,2-5,11-12,15-16H2,1H3,(H,21,24). The van der Waals surface area contributed by atoms with Crippen LogP contribution >= 0.6 is 11.3 Å². The minimum Gasteiger partial charge on any atom is -0.325 e. The smallest absolute Gasteiger partial charge is 0.243 e. The summed E-state index contributed by atoms with van der Waals surface area (Å²) in [7, 11) is -3.51. The highest BCUT2D eigenvalue weighted by Crippen LogP contribution is 2.23. The monoisotopic (exact) mass is 421 g/mol. The van der Waals surface area contributed by atoms with Gasteiger partial charge in [-0.1, -0.05) is 25.5 Å². The lowest BCUT2D eigenvalue weighted by Crippen LogP contribution is -2.35. The van der Waals surface area contributed by atoms with Gasteiger partial charge in [-0.05, 0) is 49.0 Å². The van der Waals surface area contributed by atoms with E-state index in [-0.39, 0.29) is 17.3 Å². The number of rotatable bonds is 8. The van der Waals surface area contributed by atoms with Crippen LogP contribution in [0.1, 0.15) is 31.1 Å². The third-order valence-corrected chi connectivity index (χ3v) is 7.60. The molecule has 6 nitrogen and oxygen atoms in total. The molecule has 0 atom stereocenters. The lowest BCUT2D eigenvalue weighted by Gasteiger charge is -2.26. The second kappa shape index (κ2) is 9.65. The Hall–Kier alpha value is -1.74. The minimum atomic E-state index is -3.51. The number of carbonyl (C=O) groups is 1. The fraction of sp³-hybridized carbons (Fsp3) is 0.450. The first-order valence-corrected chi connectivity index (χ1v) is 12.0. The van der Waals surface area contributed by atoms with Crippen LogP contribution in [-0.2, 0) is 21.4 Å². The first-order valence-electron chi connectivity index (χ1n) is 9.64. The van der Waals surface area contributed by atoms with Crippen LogP contribution in [-0.4, -0.2) is 49.7 Å². The summed E-state index contributed by atoms with van der Waals surface area (Å²) >= 11 is 1.67. The predicted octanol–water partition coefficient (Wildman–Crippen LogP) is 3.38. The molecule has 3 rings (SSSR count). The van der Waals surface area contributed by atoms with E-state index < -0.39 is 10.0 Å². The zero-order valence-electron chi connectivity index (χ0n) is 16.1. The van der Waals surface area contributed by atoms with E-state index in [0.29, 0.717) is 18.8 Å². The molecule has 1 aromatic carbocycles. The van der Waals surface area contributed by atoms with Crippen LogP contribution in [0.5, 0.6) is 0 Å². The Balaban J connectivity index is 1.64. The van der Waals surface area contributed by atoms with Crippen molar-refractivity contribution in [2.75, 3.05) is 31.5 Å². The Morgan fingerprint density at radius 1 is 1.18 bits per heavy atom. The summed E-state index contributed by atoms with van der Waals surface area (Å²) in [5.74, 6) is -0.147. The van der Waals surface area contributed by atoms with Crippen molar-refractivity contribution in [1.29, 1.82) is 0 Å². The highest BCUT2D eigenvalue weighted by molar-refractivity contribution is 7.89. The van der Waals surface area contributed by atoms with Crippen LogP contribution < -0.4 is 5.32 Å². The lowest BCUT2D eigenvalue weighted by atomic mass is 10.2. The molecule has 1 fully saturated rings. The number of likely N-dealkylation sites (N-methyl/N-ethyl adjacent to an activating group) is 1. The van der Waals surface area contributed by atoms with Crippen molar-refractivity contribution in [2.24, 2.45) is 0 Å². The van der Waals surface area contributed by atoms with E-state index in [2.05, 4.69) is 16.3 Å². The van der Waals surface area contributed by atoms with Crippen molar-refractivity contribution in [3.05, 3.63) is 46.7 Å². The Kier molecular flexibility index (Phi) is 7.23. The molecular weight excluding hydrogens is 394 g/mol. The third kappa shape index (κ3) is 5.41. The molecule has 1 N–H and O–H groups in total. The molecule has 1 aliphatic rings. The maximum atomic E-state index is 12.8. The van der Waals surface area contributed by atoms with Gasteiger partial charge in [-0.25, -0.2) is 8.42 Å². The van der Waals surface area contributed by atoms with E-state index >= 15 is 0 Å². The number of benzene rings is 1. The molecule has 2 aromatic rings. The van der Waals surface area contributed by atoms with E-state index in [0.717, 1.165) is 32.4 Å². The normalized spacial score (nSPS) is 15.6. The summed E-state index contributed by atoms with van der Waals surface area (Å²) in [6.45, 7) is 4.89. The molecule has 0 aliphatic carbocycles. The van der Waals surface area contributed by atoms with Crippen LogP contribution in [0.25, 0.3) is 0 Å². The Morgan fingerprint density at radius 2 is 1.96 bits per heavy atom. The van der Waals surface area contributed by atoms with Crippen LogP contribution in [0, 0.1) is 0 Å². The number of nitrogens with zero attached hydrogens (tertiary/aromatic N) is 2. The number of anilines is 1. The topological polar surface area (TPSA) is 69.7 Å². The largest absolute Gasteiger partial charge is 0.325 e. The van der Waals surface area contributed by atoms with Crippen molar-refractivity contribution < 1.29 is 13.2 Å². The molecule has 1 saturated heterocycles. The number of nitrogens with one attached hydrogen (secondary N) is 1. The summed E-state index contributed by atoms with van der Waals surface area (Å²) < 4.78 is 27.2. The molecular formula is C20H27N3O3S2. The van der Waals surface area contributed by atoms with Gasteiger partial charge in [-0.3, -0.25) is 9.69 Å². The molecule has 0 bridgehead atoms. The summed E-state index contributed by atoms with van der Waals surface area (Å²) in [4.78, 5) is 16.0. The number of amides is 1. The molecule has 0 unspecified atom stereocenters. The predicted molar refractivity (Wildman–Crippen MR) is 113 cm³/mol. The summed E-state index contributed by atoms with van der Waals surface area (Å²) in [6.07, 6.45) is 2.86. The highest BCUT2D eigenvalue weighted by atomic mass is 32.2. The van der Waals surface area contributed by atoms with Crippen LogP contribution in [0.3, 0.4) is 0 Å². The molecule has 1 aliphatic heterocycles. The summed E-state index contributed by atoms with van der Waals surface area (Å²) in [5.41, 5.74) is 0.510. The van der Waals surface area contributed by atoms with Crippen molar-refractivity contribution in [2.45, 2.75) is 37.6 Å². The van der Waals surface area contributed by atoms with Gasteiger partial charge in [0, 0.05) is 30.2 Å². The van der Waals surface area contributed by atoms with E-state index in [1.165, 1.54) is 9.18 Å². The van der Waals surface area contributed by atoms with E-state index in [4.69, 9.17) is 0 Å². The average molecular weight is 422 g/mol. The third-order valence-electron chi connectivity index (χ3n) is 4.84. The zero-order chi connectivity index (χ0) is 20.0. The van der Waals surface area contributed by atoms with Gasteiger partial charge < -0.3 is 5.32 Å². The molecule has 0 radical (unpaired) electrons. The Morgan fingerprint density at radius 3 is 2.64 bits per heavy atom. The fourth-order valence-corrected chi connectivity index (χ4v) is 5.60. The fourth-order valence-electron chi connectivity index (χ4n) is 3.29. The first kappa shape index (κ1) is 21.0. The first-order chi connectivity index (χ1) is 13.5. The second-order valence-corrected chi connectivity index (χ2v) is 9.89. The molecule has 152 valence electrons. The van der Waals surface area contributed by atoms with Crippen LogP contribution in [0.4, 0.5) is 5.69 Å². The van der Waals surface area contributed by atoms with Crippen LogP contribution in [0.2, 0.25) is 0 Å². The molecule has 8 heteroatoms. The highest BCUT2D eigenvalue weighted by Gasteiger charge is 2.26. The molecule has 1 amide bonds. The molecule has 1 aromatic heterocycles. The second-order valence-electron chi connectivity index (χ2n) is 6.92. The van der Waals surface area contributed by atoms with Gasteiger partial charge in [0.1, 0.15) is 0 Å². The lowest BCUT2D eigenvalue weighted by molar-refractivity contribution is -0.117. The maximum Gasteiger partial charge on any atom is 0.243 e. The van der Waals surface area contributed by atoms with Gasteiger partial charge in [0.15, 0.2) is 0 Å². The molecule has 28 heavy (non-hydrogen) atoms. The van der Waals surface area contributed by atoms with Crippen molar-refractivity contribution in [1.82, 2.24) is 9.21 Å². The molecule has 2 heterocycles. The van der Waals surface area contributed by atoms with Gasteiger partial charge in [0.05, 0.1) is 11.4 Å². The minimum absolute atomic E-state index is 0.147. The number of hydrogen-bond donors (Lipinski definition) is 1. The van der Waals surface area contributed by atoms with Gasteiger partial charge in [0.25, 0.3) is 0 Å². The van der Waals surface area contributed by atoms with Gasteiger partial charge in [0.2, 0.25) is 15.9 Å². The Labute approximate surface area is 171 Å². The Bertz CT molecular complexity index is 876. The van der Waals surface area contributed by atoms with E-state index in [1.54, 1.807) is 35.6 Å². The van der Waals surface area contributed by atoms with Gasteiger partial charge >= 0.3 is 0 Å².